The van der Waals surface area contributed by atoms with Crippen LogP contribution in [0.2, 0.25) is 0 Å². The minimum absolute atomic E-state index is 0.162. The maximum atomic E-state index is 13.1. The number of esters is 1. The summed E-state index contributed by atoms with van der Waals surface area (Å²) in [6.07, 6.45) is -0.900. The average molecular weight is 441 g/mol. The first-order chi connectivity index (χ1) is 14.5. The first kappa shape index (κ1) is 21.6. The topological polar surface area (TPSA) is 83.9 Å². The molecule has 1 aliphatic carbocycles. The molecule has 1 atom stereocenters. The second-order valence-electron chi connectivity index (χ2n) is 8.77. The maximum absolute atomic E-state index is 13.1. The van der Waals surface area contributed by atoms with Gasteiger partial charge in [0.25, 0.3) is 0 Å². The molecule has 11 heteroatoms. The number of fused-ring (bicyclic) bond motifs is 1. The molecule has 1 saturated carbocycles. The van der Waals surface area contributed by atoms with E-state index in [2.05, 4.69) is 10.2 Å². The molecule has 0 spiro atoms. The Morgan fingerprint density at radius 3 is 2.52 bits per heavy atom. The van der Waals surface area contributed by atoms with Crippen molar-refractivity contribution in [2.45, 2.75) is 83.8 Å². The Morgan fingerprint density at radius 2 is 1.90 bits per heavy atom. The lowest BCUT2D eigenvalue weighted by Gasteiger charge is -2.29. The third-order valence-corrected chi connectivity index (χ3v) is 6.09. The summed E-state index contributed by atoms with van der Waals surface area (Å²) < 4.78 is 48.5. The van der Waals surface area contributed by atoms with Crippen molar-refractivity contribution in [3.05, 3.63) is 33.8 Å². The second kappa shape index (κ2) is 7.52. The molecule has 1 aliphatic heterocycles. The summed E-state index contributed by atoms with van der Waals surface area (Å²) in [5, 5.41) is 7.89. The fourth-order valence-electron chi connectivity index (χ4n) is 4.20. The van der Waals surface area contributed by atoms with Crippen molar-refractivity contribution < 1.29 is 22.7 Å². The van der Waals surface area contributed by atoms with Crippen LogP contribution in [0.1, 0.15) is 69.7 Å². The van der Waals surface area contributed by atoms with Crippen LogP contribution in [0, 0.1) is 5.92 Å². The molecule has 170 valence electrons. The van der Waals surface area contributed by atoms with Crippen LogP contribution in [0.4, 0.5) is 13.2 Å². The van der Waals surface area contributed by atoms with E-state index in [0.717, 1.165) is 23.6 Å². The molecular weight excluding hydrogens is 415 g/mol. The van der Waals surface area contributed by atoms with Crippen molar-refractivity contribution in [3.63, 3.8) is 0 Å². The Balaban J connectivity index is 1.61. The molecule has 0 amide bonds. The number of hydrogen-bond donors (Lipinski definition) is 0. The van der Waals surface area contributed by atoms with Gasteiger partial charge in [0, 0.05) is 13.0 Å². The monoisotopic (exact) mass is 441 g/mol. The van der Waals surface area contributed by atoms with Crippen molar-refractivity contribution in [1.82, 2.24) is 24.1 Å². The van der Waals surface area contributed by atoms with Gasteiger partial charge in [-0.15, -0.1) is 0 Å². The van der Waals surface area contributed by atoms with E-state index in [1.807, 2.05) is 13.8 Å². The standard InChI is InChI=1S/C20H26F3N5O3/c1-4-26-13(10-15(24-26)20(21,22)23)11-27-18(30)28-14(6-5-7-16(28)25-27)17(29)31-19(2,3)12-8-9-12/h10,12,14H,4-9,11H2,1-3H3/t14-/m0/s1. The molecular formula is C20H26F3N5O3. The van der Waals surface area contributed by atoms with Crippen LogP contribution in [0.5, 0.6) is 0 Å². The number of halogens is 3. The molecule has 0 saturated heterocycles. The van der Waals surface area contributed by atoms with E-state index in [1.165, 1.54) is 9.25 Å². The first-order valence-corrected chi connectivity index (χ1v) is 10.6. The molecule has 1 fully saturated rings. The van der Waals surface area contributed by atoms with Crippen LogP contribution >= 0.6 is 0 Å². The third-order valence-electron chi connectivity index (χ3n) is 6.09. The van der Waals surface area contributed by atoms with E-state index in [1.54, 1.807) is 6.92 Å². The number of ether oxygens (including phenoxy) is 1. The zero-order chi connectivity index (χ0) is 22.6. The highest BCUT2D eigenvalue weighted by atomic mass is 19.4. The summed E-state index contributed by atoms with van der Waals surface area (Å²) in [5.74, 6) is 0.314. The van der Waals surface area contributed by atoms with Gasteiger partial charge in [-0.25, -0.2) is 14.3 Å². The normalized spacial score (nSPS) is 19.4. The molecule has 8 nitrogen and oxygen atoms in total. The van der Waals surface area contributed by atoms with Gasteiger partial charge < -0.3 is 4.74 Å². The Labute approximate surface area is 177 Å². The maximum Gasteiger partial charge on any atom is 0.435 e. The van der Waals surface area contributed by atoms with Gasteiger partial charge in [-0.3, -0.25) is 9.25 Å². The molecule has 3 heterocycles. The van der Waals surface area contributed by atoms with Crippen LogP contribution in [-0.4, -0.2) is 35.7 Å². The van der Waals surface area contributed by atoms with Crippen LogP contribution in [0.15, 0.2) is 10.9 Å². The fraction of sp³-hybridized carbons (Fsp3) is 0.700. The van der Waals surface area contributed by atoms with E-state index in [4.69, 9.17) is 4.74 Å². The molecule has 4 rings (SSSR count). The third kappa shape index (κ3) is 4.14. The average Bonchev–Trinajstić information content (AvgIpc) is 3.40. The van der Waals surface area contributed by atoms with Gasteiger partial charge in [0.15, 0.2) is 5.69 Å². The van der Waals surface area contributed by atoms with Crippen LogP contribution in [-0.2, 0) is 35.2 Å². The van der Waals surface area contributed by atoms with Crippen molar-refractivity contribution >= 4 is 5.97 Å². The van der Waals surface area contributed by atoms with Crippen molar-refractivity contribution in [2.24, 2.45) is 5.92 Å². The van der Waals surface area contributed by atoms with Crippen LogP contribution < -0.4 is 5.69 Å². The molecule has 0 bridgehead atoms. The first-order valence-electron chi connectivity index (χ1n) is 10.6. The summed E-state index contributed by atoms with van der Waals surface area (Å²) in [6, 6.07) is 0.155. The van der Waals surface area contributed by atoms with Crippen molar-refractivity contribution in [2.75, 3.05) is 0 Å². The predicted octanol–water partition coefficient (Wildman–Crippen LogP) is 2.94. The summed E-state index contributed by atoms with van der Waals surface area (Å²) >= 11 is 0. The Kier molecular flexibility index (Phi) is 5.25. The number of rotatable bonds is 6. The Bertz CT molecular complexity index is 1050. The predicted molar refractivity (Wildman–Crippen MR) is 103 cm³/mol. The second-order valence-corrected chi connectivity index (χ2v) is 8.77. The van der Waals surface area contributed by atoms with E-state index in [0.29, 0.717) is 31.0 Å². The van der Waals surface area contributed by atoms with E-state index >= 15 is 0 Å². The van der Waals surface area contributed by atoms with Gasteiger partial charge in [0.2, 0.25) is 0 Å². The molecule has 2 aromatic rings. The lowest BCUT2D eigenvalue weighted by atomic mass is 10.0. The Hall–Kier alpha value is -2.59. The molecule has 2 aliphatic rings. The number of carbonyl (C=O) groups excluding carboxylic acids is 1. The molecule has 31 heavy (non-hydrogen) atoms. The van der Waals surface area contributed by atoms with E-state index in [9.17, 15) is 22.8 Å². The van der Waals surface area contributed by atoms with Crippen LogP contribution in [0.25, 0.3) is 0 Å². The highest BCUT2D eigenvalue weighted by molar-refractivity contribution is 5.75. The number of aryl methyl sites for hydroxylation is 2. The largest absolute Gasteiger partial charge is 0.458 e. The number of carbonyl (C=O) groups is 1. The molecule has 0 aromatic carbocycles. The van der Waals surface area contributed by atoms with Gasteiger partial charge in [-0.05, 0) is 58.4 Å². The van der Waals surface area contributed by atoms with E-state index in [-0.39, 0.29) is 18.8 Å². The van der Waals surface area contributed by atoms with Gasteiger partial charge >= 0.3 is 17.8 Å². The number of aromatic nitrogens is 5. The highest BCUT2D eigenvalue weighted by Gasteiger charge is 2.43. The SMILES string of the molecule is CCn1nc(C(F)(F)F)cc1Cn1nc2n(c1=O)[C@H](C(=O)OC(C)(C)C1CC1)CCC2. The van der Waals surface area contributed by atoms with Gasteiger partial charge in [0.1, 0.15) is 17.5 Å². The lowest BCUT2D eigenvalue weighted by Crippen LogP contribution is -2.39. The van der Waals surface area contributed by atoms with Crippen molar-refractivity contribution in [1.29, 1.82) is 0 Å². The number of nitrogens with zero attached hydrogens (tertiary/aromatic N) is 5. The fourth-order valence-corrected chi connectivity index (χ4v) is 4.20. The minimum Gasteiger partial charge on any atom is -0.458 e. The van der Waals surface area contributed by atoms with Gasteiger partial charge in [-0.1, -0.05) is 0 Å². The smallest absolute Gasteiger partial charge is 0.435 e. The molecule has 0 unspecified atom stereocenters. The molecule has 2 aromatic heterocycles. The van der Waals surface area contributed by atoms with Gasteiger partial charge in [-0.2, -0.15) is 23.4 Å². The molecule has 0 radical (unpaired) electrons. The van der Waals surface area contributed by atoms with Crippen molar-refractivity contribution in [3.8, 4) is 0 Å². The zero-order valence-corrected chi connectivity index (χ0v) is 17.8. The summed E-state index contributed by atoms with van der Waals surface area (Å²) in [5.41, 5.74) is -1.90. The van der Waals surface area contributed by atoms with E-state index < -0.39 is 35.2 Å². The number of hydrogen-bond acceptors (Lipinski definition) is 5. The van der Waals surface area contributed by atoms with Crippen LogP contribution in [0.3, 0.4) is 0 Å². The highest BCUT2D eigenvalue weighted by Crippen LogP contribution is 2.42. The quantitative estimate of drug-likeness (QED) is 0.644. The van der Waals surface area contributed by atoms with Gasteiger partial charge in [0.05, 0.1) is 12.2 Å². The number of alkyl halides is 3. The zero-order valence-electron chi connectivity index (χ0n) is 17.8. The molecule has 0 N–H and O–H groups in total. The Morgan fingerprint density at radius 1 is 1.19 bits per heavy atom. The lowest BCUT2D eigenvalue weighted by molar-refractivity contribution is -0.163. The summed E-state index contributed by atoms with van der Waals surface area (Å²) in [7, 11) is 0. The summed E-state index contributed by atoms with van der Waals surface area (Å²) in [6.45, 7) is 5.49. The minimum atomic E-state index is -4.57. The summed E-state index contributed by atoms with van der Waals surface area (Å²) in [4.78, 5) is 25.9.